The maximum absolute atomic E-state index is 12.2. The molecular weight excluding hydrogens is 191 g/mol. The second-order valence-electron chi connectivity index (χ2n) is 3.21. The minimum absolute atomic E-state index is 0.540. The first-order chi connectivity index (χ1) is 6.39. The van der Waals surface area contributed by atoms with Crippen LogP contribution in [0.4, 0.5) is 13.2 Å². The largest absolute Gasteiger partial charge is 0.458 e. The molecule has 0 aliphatic carbocycles. The maximum atomic E-state index is 12.2. The van der Waals surface area contributed by atoms with Gasteiger partial charge in [-0.3, -0.25) is 7.05 Å². The van der Waals surface area contributed by atoms with Crippen molar-refractivity contribution in [3.05, 3.63) is 42.4 Å². The Labute approximate surface area is 81.1 Å². The van der Waals surface area contributed by atoms with E-state index < -0.39 is 11.7 Å². The molecule has 4 heteroatoms. The van der Waals surface area contributed by atoms with E-state index in [1.165, 1.54) is 12.1 Å². The van der Waals surface area contributed by atoms with E-state index in [9.17, 15) is 13.2 Å². The number of benzene rings is 1. The molecule has 0 bridgehead atoms. The molecule has 1 nitrogen and oxygen atoms in total. The maximum Gasteiger partial charge on any atom is 0.416 e. The molecule has 1 aromatic rings. The van der Waals surface area contributed by atoms with E-state index in [2.05, 4.69) is 7.05 Å². The number of rotatable bonds is 2. The van der Waals surface area contributed by atoms with E-state index >= 15 is 0 Å². The Morgan fingerprint density at radius 1 is 1.21 bits per heavy atom. The monoisotopic (exact) mass is 202 g/mol. The van der Waals surface area contributed by atoms with Crippen LogP contribution in [0.3, 0.4) is 0 Å². The average Bonchev–Trinajstić information content (AvgIpc) is 2.02. The second kappa shape index (κ2) is 4.00. The van der Waals surface area contributed by atoms with Gasteiger partial charge in [0.15, 0.2) is 0 Å². The van der Waals surface area contributed by atoms with E-state index in [4.69, 9.17) is 0 Å². The Bertz CT molecular complexity index is 287. The van der Waals surface area contributed by atoms with Crippen molar-refractivity contribution in [2.45, 2.75) is 12.7 Å². The van der Waals surface area contributed by atoms with Crippen LogP contribution in [-0.4, -0.2) is 11.9 Å². The normalized spacial score (nSPS) is 12.1. The first-order valence-corrected chi connectivity index (χ1v) is 4.07. The highest BCUT2D eigenvalue weighted by Crippen LogP contribution is 2.29. The molecular formula is C10H11F3N-. The summed E-state index contributed by atoms with van der Waals surface area (Å²) >= 11 is 0. The molecule has 1 aromatic carbocycles. The molecule has 0 atom stereocenters. The van der Waals surface area contributed by atoms with Crippen molar-refractivity contribution in [1.82, 2.24) is 4.90 Å². The molecule has 0 amide bonds. The van der Waals surface area contributed by atoms with Gasteiger partial charge in [-0.2, -0.15) is 13.2 Å². The topological polar surface area (TPSA) is 3.24 Å². The third-order valence-electron chi connectivity index (χ3n) is 1.73. The van der Waals surface area contributed by atoms with Gasteiger partial charge in [-0.15, -0.1) is 0 Å². The lowest BCUT2D eigenvalue weighted by atomic mass is 10.1. The minimum atomic E-state index is -4.26. The zero-order valence-corrected chi connectivity index (χ0v) is 7.80. The van der Waals surface area contributed by atoms with Crippen molar-refractivity contribution in [1.29, 1.82) is 0 Å². The van der Waals surface area contributed by atoms with Crippen LogP contribution in [-0.2, 0) is 12.7 Å². The lowest BCUT2D eigenvalue weighted by Crippen LogP contribution is -2.09. The number of hydrogen-bond donors (Lipinski definition) is 0. The molecule has 0 spiro atoms. The smallest absolute Gasteiger partial charge is 0.416 e. The van der Waals surface area contributed by atoms with Gasteiger partial charge in [0.2, 0.25) is 0 Å². The van der Waals surface area contributed by atoms with Gasteiger partial charge in [0.1, 0.15) is 0 Å². The van der Waals surface area contributed by atoms with Crippen LogP contribution in [0, 0.1) is 7.05 Å². The molecule has 0 heterocycles. The quantitative estimate of drug-likeness (QED) is 0.666. The molecule has 0 saturated heterocycles. The SMILES string of the molecule is [CH2-]N(C)Cc1ccc(C(F)(F)F)cc1. The predicted octanol–water partition coefficient (Wildman–Crippen LogP) is 2.93. The molecule has 0 fully saturated rings. The molecule has 0 aliphatic heterocycles. The lowest BCUT2D eigenvalue weighted by Gasteiger charge is -2.18. The molecule has 0 unspecified atom stereocenters. The fourth-order valence-electron chi connectivity index (χ4n) is 1.11. The van der Waals surface area contributed by atoms with E-state index in [1.54, 1.807) is 11.9 Å². The molecule has 0 saturated carbocycles. The third kappa shape index (κ3) is 3.03. The number of halogens is 3. The molecule has 0 radical (unpaired) electrons. The zero-order valence-electron chi connectivity index (χ0n) is 7.80. The van der Waals surface area contributed by atoms with Gasteiger partial charge in [0.05, 0.1) is 5.56 Å². The van der Waals surface area contributed by atoms with Gasteiger partial charge in [0.25, 0.3) is 0 Å². The Kier molecular flexibility index (Phi) is 3.16. The summed E-state index contributed by atoms with van der Waals surface area (Å²) in [7, 11) is 5.38. The zero-order chi connectivity index (χ0) is 10.8. The van der Waals surface area contributed by atoms with Crippen LogP contribution in [0.5, 0.6) is 0 Å². The summed E-state index contributed by atoms with van der Waals surface area (Å²) in [5, 5.41) is 0. The van der Waals surface area contributed by atoms with Crippen molar-refractivity contribution >= 4 is 0 Å². The van der Waals surface area contributed by atoms with Crippen LogP contribution in [0.1, 0.15) is 11.1 Å². The van der Waals surface area contributed by atoms with E-state index in [0.717, 1.165) is 17.7 Å². The summed E-state index contributed by atoms with van der Waals surface area (Å²) in [6, 6.07) is 5.09. The Balaban J connectivity index is 2.79. The summed E-state index contributed by atoms with van der Waals surface area (Å²) in [4.78, 5) is 1.66. The standard InChI is InChI=1S/C10H11F3N/c1-14(2)7-8-3-5-9(6-4-8)10(11,12)13/h3-6H,1,7H2,2H3/q-1. The summed E-state index contributed by atoms with van der Waals surface area (Å²) in [5.41, 5.74) is 0.198. The van der Waals surface area contributed by atoms with Gasteiger partial charge in [-0.25, -0.2) is 0 Å². The Hall–Kier alpha value is -1.03. The van der Waals surface area contributed by atoms with Gasteiger partial charge in [0, 0.05) is 0 Å². The van der Waals surface area contributed by atoms with Crippen molar-refractivity contribution in [2.75, 3.05) is 7.05 Å². The van der Waals surface area contributed by atoms with Crippen molar-refractivity contribution < 1.29 is 13.2 Å². The summed E-state index contributed by atoms with van der Waals surface area (Å²) in [6.45, 7) is 0.540. The van der Waals surface area contributed by atoms with E-state index in [0.29, 0.717) is 6.54 Å². The number of hydrogen-bond acceptors (Lipinski definition) is 1. The first-order valence-electron chi connectivity index (χ1n) is 4.07. The van der Waals surface area contributed by atoms with Gasteiger partial charge in [-0.1, -0.05) is 12.1 Å². The third-order valence-corrected chi connectivity index (χ3v) is 1.73. The number of nitrogens with zero attached hydrogens (tertiary/aromatic N) is 1. The summed E-state index contributed by atoms with van der Waals surface area (Å²) in [5.74, 6) is 0. The van der Waals surface area contributed by atoms with Crippen LogP contribution in [0.2, 0.25) is 0 Å². The van der Waals surface area contributed by atoms with Crippen LogP contribution >= 0.6 is 0 Å². The number of alkyl halides is 3. The Morgan fingerprint density at radius 2 is 1.71 bits per heavy atom. The molecule has 78 valence electrons. The van der Waals surface area contributed by atoms with Crippen LogP contribution in [0.15, 0.2) is 24.3 Å². The van der Waals surface area contributed by atoms with Crippen molar-refractivity contribution in [2.24, 2.45) is 0 Å². The Morgan fingerprint density at radius 3 is 2.07 bits per heavy atom. The van der Waals surface area contributed by atoms with Gasteiger partial charge < -0.3 is 4.90 Å². The van der Waals surface area contributed by atoms with Crippen LogP contribution < -0.4 is 0 Å². The van der Waals surface area contributed by atoms with E-state index in [-0.39, 0.29) is 0 Å². The van der Waals surface area contributed by atoms with Crippen LogP contribution in [0.25, 0.3) is 0 Å². The van der Waals surface area contributed by atoms with E-state index in [1.807, 2.05) is 0 Å². The molecule has 0 aromatic heterocycles. The molecule has 0 N–H and O–H groups in total. The predicted molar refractivity (Wildman–Crippen MR) is 48.3 cm³/mol. The summed E-state index contributed by atoms with van der Waals surface area (Å²) in [6.07, 6.45) is -4.26. The lowest BCUT2D eigenvalue weighted by molar-refractivity contribution is -0.137. The fourth-order valence-corrected chi connectivity index (χ4v) is 1.11. The highest BCUT2D eigenvalue weighted by atomic mass is 19.4. The first kappa shape index (κ1) is 11.0. The molecule has 14 heavy (non-hydrogen) atoms. The second-order valence-corrected chi connectivity index (χ2v) is 3.21. The van der Waals surface area contributed by atoms with Gasteiger partial charge in [-0.05, 0) is 31.3 Å². The minimum Gasteiger partial charge on any atom is -0.458 e. The van der Waals surface area contributed by atoms with Gasteiger partial charge >= 0.3 is 6.18 Å². The summed E-state index contributed by atoms with van der Waals surface area (Å²) < 4.78 is 36.5. The molecule has 1 rings (SSSR count). The fraction of sp³-hybridized carbons (Fsp3) is 0.300. The van der Waals surface area contributed by atoms with Crippen molar-refractivity contribution in [3.63, 3.8) is 0 Å². The highest BCUT2D eigenvalue weighted by Gasteiger charge is 2.29. The highest BCUT2D eigenvalue weighted by molar-refractivity contribution is 5.24. The molecule has 0 aliphatic rings. The van der Waals surface area contributed by atoms with Crippen molar-refractivity contribution in [3.8, 4) is 0 Å². The average molecular weight is 202 g/mol.